The summed E-state index contributed by atoms with van der Waals surface area (Å²) in [7, 11) is 0. The van der Waals surface area contributed by atoms with E-state index in [9.17, 15) is 8.78 Å². The lowest BCUT2D eigenvalue weighted by Gasteiger charge is -2.14. The Kier molecular flexibility index (Phi) is 4.27. The van der Waals surface area contributed by atoms with Crippen LogP contribution in [0.1, 0.15) is 32.0 Å². The summed E-state index contributed by atoms with van der Waals surface area (Å²) in [5.41, 5.74) is 0.410. The van der Waals surface area contributed by atoms with Gasteiger partial charge in [-0.2, -0.15) is 13.9 Å². The van der Waals surface area contributed by atoms with Crippen LogP contribution in [0.15, 0.2) is 12.3 Å². The van der Waals surface area contributed by atoms with Gasteiger partial charge in [0.2, 0.25) is 0 Å². The maximum Gasteiger partial charge on any atom is 0.347 e. The molecule has 1 rings (SSSR count). The van der Waals surface area contributed by atoms with Gasteiger partial charge in [-0.15, -0.1) is 0 Å². The molecule has 0 aliphatic carbocycles. The average molecular weight is 253 g/mol. The van der Waals surface area contributed by atoms with Gasteiger partial charge in [-0.05, 0) is 31.0 Å². The first-order valence-electron chi connectivity index (χ1n) is 5.13. The van der Waals surface area contributed by atoms with Crippen LogP contribution in [-0.4, -0.2) is 26.4 Å². The molecule has 0 aromatic carbocycles. The van der Waals surface area contributed by atoms with E-state index in [0.717, 1.165) is 6.42 Å². The fourth-order valence-corrected chi connectivity index (χ4v) is 1.31. The molecule has 92 valence electrons. The summed E-state index contributed by atoms with van der Waals surface area (Å²) in [6.45, 7) is 3.98. The van der Waals surface area contributed by atoms with Crippen molar-refractivity contribution >= 4 is 11.6 Å². The first kappa shape index (κ1) is 13.4. The normalized spacial score (nSPS) is 16.1. The van der Waals surface area contributed by atoms with Gasteiger partial charge in [0.1, 0.15) is 6.10 Å². The summed E-state index contributed by atoms with van der Waals surface area (Å²) in [5, 5.41) is 9.60. The van der Waals surface area contributed by atoms with Crippen molar-refractivity contribution in [3.63, 3.8) is 0 Å². The fourth-order valence-electron chi connectivity index (χ4n) is 1.23. The number of halogens is 3. The van der Waals surface area contributed by atoms with Crippen LogP contribution >= 0.6 is 11.6 Å². The minimum atomic E-state index is -3.61. The Balaban J connectivity index is 2.66. The van der Waals surface area contributed by atoms with E-state index in [2.05, 4.69) is 5.10 Å². The standard InChI is InChI=1S/C10H15ClF2N2O/c1-3-7(2)15-5-4-8(14-15)6-9(16)10(11,12)13/h4-5,7,9,16H,3,6H2,1-2H3. The number of hydrogen-bond acceptors (Lipinski definition) is 2. The van der Waals surface area contributed by atoms with E-state index in [1.54, 1.807) is 16.9 Å². The van der Waals surface area contributed by atoms with Gasteiger partial charge in [0, 0.05) is 18.7 Å². The molecule has 1 heterocycles. The second-order valence-corrected chi connectivity index (χ2v) is 4.31. The van der Waals surface area contributed by atoms with Crippen molar-refractivity contribution in [2.24, 2.45) is 0 Å². The van der Waals surface area contributed by atoms with Crippen LogP contribution < -0.4 is 0 Å². The van der Waals surface area contributed by atoms with E-state index < -0.39 is 11.5 Å². The fraction of sp³-hybridized carbons (Fsp3) is 0.700. The third kappa shape index (κ3) is 3.42. The molecule has 2 unspecified atom stereocenters. The van der Waals surface area contributed by atoms with Gasteiger partial charge in [-0.3, -0.25) is 4.68 Å². The highest BCUT2D eigenvalue weighted by molar-refractivity contribution is 6.22. The van der Waals surface area contributed by atoms with Crippen molar-refractivity contribution in [1.29, 1.82) is 0 Å². The summed E-state index contributed by atoms with van der Waals surface area (Å²) >= 11 is 4.71. The lowest BCUT2D eigenvalue weighted by molar-refractivity contribution is -0.0402. The van der Waals surface area contributed by atoms with Gasteiger partial charge in [0.05, 0.1) is 5.69 Å². The van der Waals surface area contributed by atoms with Crippen LogP contribution in [0.25, 0.3) is 0 Å². The maximum atomic E-state index is 12.5. The predicted molar refractivity (Wildman–Crippen MR) is 57.7 cm³/mol. The van der Waals surface area contributed by atoms with Gasteiger partial charge in [0.25, 0.3) is 0 Å². The van der Waals surface area contributed by atoms with Crippen LogP contribution in [0.5, 0.6) is 0 Å². The molecule has 6 heteroatoms. The number of nitrogens with zero attached hydrogens (tertiary/aromatic N) is 2. The lowest BCUT2D eigenvalue weighted by Crippen LogP contribution is -2.29. The lowest BCUT2D eigenvalue weighted by atomic mass is 10.2. The summed E-state index contributed by atoms with van der Waals surface area (Å²) in [6, 6.07) is 1.82. The molecule has 1 aromatic heterocycles. The topological polar surface area (TPSA) is 38.0 Å². The molecule has 1 aromatic rings. The molecule has 16 heavy (non-hydrogen) atoms. The van der Waals surface area contributed by atoms with Crippen molar-refractivity contribution in [2.75, 3.05) is 0 Å². The minimum absolute atomic E-state index is 0.211. The highest BCUT2D eigenvalue weighted by Crippen LogP contribution is 2.25. The van der Waals surface area contributed by atoms with E-state index in [1.165, 1.54) is 0 Å². The number of alkyl halides is 3. The predicted octanol–water partition coefficient (Wildman–Crippen LogP) is 2.59. The average Bonchev–Trinajstić information content (AvgIpc) is 2.63. The third-order valence-corrected chi connectivity index (χ3v) is 2.74. The van der Waals surface area contributed by atoms with Crippen LogP contribution in [0.3, 0.4) is 0 Å². The van der Waals surface area contributed by atoms with Crippen LogP contribution in [0.2, 0.25) is 0 Å². The Morgan fingerprint density at radius 3 is 2.75 bits per heavy atom. The van der Waals surface area contributed by atoms with E-state index in [-0.39, 0.29) is 12.5 Å². The zero-order chi connectivity index (χ0) is 12.3. The van der Waals surface area contributed by atoms with E-state index in [4.69, 9.17) is 16.7 Å². The molecule has 0 aliphatic rings. The summed E-state index contributed by atoms with van der Waals surface area (Å²) in [5.74, 6) is 0. The molecule has 0 amide bonds. The van der Waals surface area contributed by atoms with E-state index in [1.807, 2.05) is 13.8 Å². The monoisotopic (exact) mass is 252 g/mol. The van der Waals surface area contributed by atoms with E-state index in [0.29, 0.717) is 5.69 Å². The summed E-state index contributed by atoms with van der Waals surface area (Å²) in [4.78, 5) is 0. The number of rotatable bonds is 5. The van der Waals surface area contributed by atoms with Gasteiger partial charge in [-0.1, -0.05) is 6.92 Å². The van der Waals surface area contributed by atoms with Crippen molar-refractivity contribution < 1.29 is 13.9 Å². The molecule has 0 radical (unpaired) electrons. The Hall–Kier alpha value is -0.680. The first-order valence-corrected chi connectivity index (χ1v) is 5.51. The van der Waals surface area contributed by atoms with Crippen molar-refractivity contribution in [3.05, 3.63) is 18.0 Å². The van der Waals surface area contributed by atoms with Gasteiger partial charge in [0.15, 0.2) is 0 Å². The zero-order valence-electron chi connectivity index (χ0n) is 9.20. The Labute approximate surface area is 98.0 Å². The number of aliphatic hydroxyl groups is 1. The molecular formula is C10H15ClF2N2O. The van der Waals surface area contributed by atoms with Crippen molar-refractivity contribution in [1.82, 2.24) is 9.78 Å². The van der Waals surface area contributed by atoms with Gasteiger partial charge < -0.3 is 5.11 Å². The highest BCUT2D eigenvalue weighted by atomic mass is 35.5. The molecule has 3 nitrogen and oxygen atoms in total. The largest absolute Gasteiger partial charge is 0.385 e. The number of hydrogen-bond donors (Lipinski definition) is 1. The van der Waals surface area contributed by atoms with E-state index >= 15 is 0 Å². The number of aromatic nitrogens is 2. The van der Waals surface area contributed by atoms with Gasteiger partial charge in [-0.25, -0.2) is 0 Å². The second kappa shape index (κ2) is 5.10. The van der Waals surface area contributed by atoms with Gasteiger partial charge >= 0.3 is 5.38 Å². The molecule has 0 saturated heterocycles. The van der Waals surface area contributed by atoms with Crippen LogP contribution in [0, 0.1) is 0 Å². The Morgan fingerprint density at radius 2 is 2.25 bits per heavy atom. The van der Waals surface area contributed by atoms with Crippen molar-refractivity contribution in [2.45, 2.75) is 44.2 Å². The molecule has 1 N–H and O–H groups in total. The molecule has 0 saturated carbocycles. The SMILES string of the molecule is CCC(C)n1ccc(CC(O)C(F)(F)Cl)n1. The smallest absolute Gasteiger partial charge is 0.347 e. The minimum Gasteiger partial charge on any atom is -0.385 e. The highest BCUT2D eigenvalue weighted by Gasteiger charge is 2.35. The molecule has 0 fully saturated rings. The number of aliphatic hydroxyl groups excluding tert-OH is 1. The molecular weight excluding hydrogens is 238 g/mol. The molecule has 0 spiro atoms. The van der Waals surface area contributed by atoms with Crippen LogP contribution in [0.4, 0.5) is 8.78 Å². The zero-order valence-corrected chi connectivity index (χ0v) is 9.96. The van der Waals surface area contributed by atoms with Crippen LogP contribution in [-0.2, 0) is 6.42 Å². The first-order chi connectivity index (χ1) is 7.34. The van der Waals surface area contributed by atoms with Crippen molar-refractivity contribution in [3.8, 4) is 0 Å². The maximum absolute atomic E-state index is 12.5. The Bertz CT molecular complexity index is 338. The quantitative estimate of drug-likeness (QED) is 0.818. The molecule has 0 bridgehead atoms. The summed E-state index contributed by atoms with van der Waals surface area (Å²) in [6.07, 6.45) is 0.451. The second-order valence-electron chi connectivity index (χ2n) is 3.81. The third-order valence-electron chi connectivity index (χ3n) is 2.49. The molecule has 0 aliphatic heterocycles. The Morgan fingerprint density at radius 1 is 1.62 bits per heavy atom. The summed E-state index contributed by atoms with van der Waals surface area (Å²) < 4.78 is 26.7. The molecule has 2 atom stereocenters.